The van der Waals surface area contributed by atoms with Crippen molar-refractivity contribution in [2.45, 2.75) is 32.1 Å². The molecule has 3 nitrogen and oxygen atoms in total. The van der Waals surface area contributed by atoms with Crippen molar-refractivity contribution >= 4 is 5.84 Å². The van der Waals surface area contributed by atoms with Crippen molar-refractivity contribution in [1.82, 2.24) is 0 Å². The molecule has 0 aromatic carbocycles. The van der Waals surface area contributed by atoms with Gasteiger partial charge < -0.3 is 10.9 Å². The zero-order valence-electron chi connectivity index (χ0n) is 8.89. The first kappa shape index (κ1) is 9.25. The Hall–Kier alpha value is -0.990. The van der Waals surface area contributed by atoms with Gasteiger partial charge in [-0.3, -0.25) is 0 Å². The van der Waals surface area contributed by atoms with Crippen LogP contribution in [0.2, 0.25) is 0 Å². The molecule has 4 bridgehead atoms. The van der Waals surface area contributed by atoms with Crippen LogP contribution in [-0.2, 0) is 0 Å². The van der Waals surface area contributed by atoms with Crippen LogP contribution in [-0.4, -0.2) is 11.0 Å². The Morgan fingerprint density at radius 1 is 1.20 bits per heavy atom. The number of amidine groups is 1. The Morgan fingerprint density at radius 2 is 1.87 bits per heavy atom. The second-order valence-corrected chi connectivity index (χ2v) is 5.47. The predicted molar refractivity (Wildman–Crippen MR) is 58.5 cm³/mol. The zero-order chi connectivity index (χ0) is 10.4. The van der Waals surface area contributed by atoms with E-state index in [2.05, 4.69) is 11.2 Å². The van der Waals surface area contributed by atoms with Crippen molar-refractivity contribution in [2.75, 3.05) is 0 Å². The summed E-state index contributed by atoms with van der Waals surface area (Å²) >= 11 is 0. The predicted octanol–water partition coefficient (Wildman–Crippen LogP) is 2.12. The average molecular weight is 206 g/mol. The lowest BCUT2D eigenvalue weighted by Gasteiger charge is -2.38. The highest BCUT2D eigenvalue weighted by Crippen LogP contribution is 2.50. The van der Waals surface area contributed by atoms with Crippen LogP contribution < -0.4 is 5.73 Å². The van der Waals surface area contributed by atoms with E-state index in [4.69, 9.17) is 10.9 Å². The summed E-state index contributed by atoms with van der Waals surface area (Å²) < 4.78 is 0. The van der Waals surface area contributed by atoms with Crippen molar-refractivity contribution in [1.29, 1.82) is 0 Å². The molecule has 15 heavy (non-hydrogen) atoms. The Labute approximate surface area is 90.0 Å². The molecule has 0 amide bonds. The molecule has 4 aliphatic carbocycles. The standard InChI is InChI=1S/C12H18N2O/c13-12(14-15)11-6-9-2-7-1-8(3-9)5-10(11)4-7/h6-10,15H,1-5H2,(H2,13,14). The van der Waals surface area contributed by atoms with E-state index in [0.717, 1.165) is 17.4 Å². The molecule has 2 fully saturated rings. The maximum atomic E-state index is 8.80. The summed E-state index contributed by atoms with van der Waals surface area (Å²) in [6.45, 7) is 0. The first-order valence-electron chi connectivity index (χ1n) is 5.96. The summed E-state index contributed by atoms with van der Waals surface area (Å²) in [4.78, 5) is 0. The normalized spacial score (nSPS) is 44.0. The van der Waals surface area contributed by atoms with E-state index in [1.807, 2.05) is 0 Å². The average Bonchev–Trinajstić information content (AvgIpc) is 2.42. The van der Waals surface area contributed by atoms with E-state index in [1.165, 1.54) is 32.1 Å². The van der Waals surface area contributed by atoms with Gasteiger partial charge in [0.2, 0.25) is 0 Å². The third kappa shape index (κ3) is 1.45. The van der Waals surface area contributed by atoms with Gasteiger partial charge in [-0.05, 0) is 61.3 Å². The summed E-state index contributed by atoms with van der Waals surface area (Å²) in [5.74, 6) is 3.40. The van der Waals surface area contributed by atoms with E-state index >= 15 is 0 Å². The van der Waals surface area contributed by atoms with Crippen LogP contribution in [0.4, 0.5) is 0 Å². The Morgan fingerprint density at radius 3 is 2.47 bits per heavy atom. The number of hydrogen-bond acceptors (Lipinski definition) is 2. The van der Waals surface area contributed by atoms with Gasteiger partial charge in [0.1, 0.15) is 0 Å². The summed E-state index contributed by atoms with van der Waals surface area (Å²) in [7, 11) is 0. The van der Waals surface area contributed by atoms with Crippen LogP contribution in [0.5, 0.6) is 0 Å². The van der Waals surface area contributed by atoms with Gasteiger partial charge in [-0.2, -0.15) is 0 Å². The summed E-state index contributed by atoms with van der Waals surface area (Å²) in [5, 5.41) is 12.0. The highest BCUT2D eigenvalue weighted by Gasteiger charge is 2.40. The van der Waals surface area contributed by atoms with E-state index < -0.39 is 0 Å². The molecule has 0 radical (unpaired) electrons. The maximum absolute atomic E-state index is 8.80. The molecular weight excluding hydrogens is 188 g/mol. The van der Waals surface area contributed by atoms with E-state index in [1.54, 1.807) is 0 Å². The van der Waals surface area contributed by atoms with Gasteiger partial charge in [-0.25, -0.2) is 0 Å². The van der Waals surface area contributed by atoms with Gasteiger partial charge in [0.05, 0.1) is 0 Å². The van der Waals surface area contributed by atoms with Crippen molar-refractivity contribution in [3.05, 3.63) is 11.6 Å². The summed E-state index contributed by atoms with van der Waals surface area (Å²) in [6.07, 6.45) is 8.89. The number of hydrogen-bond donors (Lipinski definition) is 2. The Kier molecular flexibility index (Phi) is 2.01. The fourth-order valence-corrected chi connectivity index (χ4v) is 4.03. The highest BCUT2D eigenvalue weighted by molar-refractivity contribution is 5.97. The van der Waals surface area contributed by atoms with Gasteiger partial charge in [-0.1, -0.05) is 11.2 Å². The Bertz CT molecular complexity index is 321. The quantitative estimate of drug-likeness (QED) is 0.299. The third-order valence-corrected chi connectivity index (χ3v) is 4.43. The van der Waals surface area contributed by atoms with Crippen molar-refractivity contribution in [2.24, 2.45) is 34.6 Å². The molecule has 2 atom stereocenters. The SMILES string of the molecule is N/C(=N\O)C1=CC2CC3CC(C2)CC1C3. The van der Waals surface area contributed by atoms with Crippen LogP contribution >= 0.6 is 0 Å². The molecule has 0 aromatic heterocycles. The molecule has 82 valence electrons. The van der Waals surface area contributed by atoms with E-state index in [9.17, 15) is 0 Å². The minimum absolute atomic E-state index is 0.355. The molecule has 0 aliphatic heterocycles. The largest absolute Gasteiger partial charge is 0.409 e. The lowest BCUT2D eigenvalue weighted by molar-refractivity contribution is 0.141. The lowest BCUT2D eigenvalue weighted by atomic mass is 9.66. The fraction of sp³-hybridized carbons (Fsp3) is 0.750. The van der Waals surface area contributed by atoms with Gasteiger partial charge in [-0.15, -0.1) is 0 Å². The second kappa shape index (κ2) is 3.26. The number of nitrogens with two attached hydrogens (primary N) is 1. The third-order valence-electron chi connectivity index (χ3n) is 4.43. The van der Waals surface area contributed by atoms with E-state index in [-0.39, 0.29) is 0 Å². The molecule has 2 unspecified atom stereocenters. The van der Waals surface area contributed by atoms with Crippen molar-refractivity contribution in [3.8, 4) is 0 Å². The minimum atomic E-state index is 0.355. The molecule has 2 saturated carbocycles. The van der Waals surface area contributed by atoms with Gasteiger partial charge >= 0.3 is 0 Å². The topological polar surface area (TPSA) is 58.6 Å². The van der Waals surface area contributed by atoms with Gasteiger partial charge in [0, 0.05) is 0 Å². The molecule has 0 heterocycles. The van der Waals surface area contributed by atoms with Crippen LogP contribution in [0.1, 0.15) is 32.1 Å². The smallest absolute Gasteiger partial charge is 0.165 e. The van der Waals surface area contributed by atoms with Crippen LogP contribution in [0, 0.1) is 23.7 Å². The molecule has 4 aliphatic rings. The first-order valence-corrected chi connectivity index (χ1v) is 5.96. The minimum Gasteiger partial charge on any atom is -0.409 e. The summed E-state index contributed by atoms with van der Waals surface area (Å²) in [5.41, 5.74) is 6.90. The number of nitrogens with zero attached hydrogens (tertiary/aromatic N) is 1. The first-order chi connectivity index (χ1) is 7.26. The molecule has 3 heteroatoms. The van der Waals surface area contributed by atoms with Gasteiger partial charge in [0.15, 0.2) is 5.84 Å². The van der Waals surface area contributed by atoms with Crippen molar-refractivity contribution in [3.63, 3.8) is 0 Å². The van der Waals surface area contributed by atoms with Crippen LogP contribution in [0.3, 0.4) is 0 Å². The number of allylic oxidation sites excluding steroid dienone is 1. The maximum Gasteiger partial charge on any atom is 0.165 e. The van der Waals surface area contributed by atoms with Crippen LogP contribution in [0.15, 0.2) is 16.8 Å². The highest BCUT2D eigenvalue weighted by atomic mass is 16.4. The molecule has 0 aromatic rings. The summed E-state index contributed by atoms with van der Waals surface area (Å²) in [6, 6.07) is 0. The lowest BCUT2D eigenvalue weighted by Crippen LogP contribution is -2.30. The van der Waals surface area contributed by atoms with Gasteiger partial charge in [0.25, 0.3) is 0 Å². The zero-order valence-corrected chi connectivity index (χ0v) is 8.89. The molecule has 0 saturated heterocycles. The fourth-order valence-electron chi connectivity index (χ4n) is 4.03. The monoisotopic (exact) mass is 206 g/mol. The molecule has 3 N–H and O–H groups in total. The number of rotatable bonds is 1. The number of oxime groups is 1. The van der Waals surface area contributed by atoms with E-state index in [0.29, 0.717) is 17.7 Å². The Balaban J connectivity index is 1.96. The van der Waals surface area contributed by atoms with Crippen molar-refractivity contribution < 1.29 is 5.21 Å². The molecule has 0 spiro atoms. The molecular formula is C12H18N2O. The van der Waals surface area contributed by atoms with Crippen LogP contribution in [0.25, 0.3) is 0 Å². The molecule has 4 rings (SSSR count). The second-order valence-electron chi connectivity index (χ2n) is 5.47.